The van der Waals surface area contributed by atoms with Gasteiger partial charge in [-0.2, -0.15) is 0 Å². The predicted molar refractivity (Wildman–Crippen MR) is 154 cm³/mol. The summed E-state index contributed by atoms with van der Waals surface area (Å²) < 4.78 is 59.2. The van der Waals surface area contributed by atoms with Gasteiger partial charge >= 0.3 is 0 Å². The second-order valence-electron chi connectivity index (χ2n) is 8.91. The zero-order valence-corrected chi connectivity index (χ0v) is 25.2. The number of aromatic nitrogens is 1. The van der Waals surface area contributed by atoms with E-state index in [-0.39, 0.29) is 31.3 Å². The van der Waals surface area contributed by atoms with Crippen molar-refractivity contribution in [2.45, 2.75) is 41.3 Å². The summed E-state index contributed by atoms with van der Waals surface area (Å²) >= 11 is 7.01. The number of carbonyl (C=O) groups excluding carboxylic acids is 1. The number of sulfone groups is 2. The van der Waals surface area contributed by atoms with E-state index in [4.69, 9.17) is 16.1 Å². The maximum absolute atomic E-state index is 13.6. The van der Waals surface area contributed by atoms with Gasteiger partial charge in [-0.15, -0.1) is 17.9 Å². The van der Waals surface area contributed by atoms with E-state index in [1.54, 1.807) is 40.9 Å². The molecule has 10 nitrogen and oxygen atoms in total. The third kappa shape index (κ3) is 5.97. The second kappa shape index (κ2) is 11.6. The highest BCUT2D eigenvalue weighted by Crippen LogP contribution is 2.34. The van der Waals surface area contributed by atoms with Gasteiger partial charge in [-0.05, 0) is 63.5 Å². The Morgan fingerprint density at radius 1 is 1.10 bits per heavy atom. The van der Waals surface area contributed by atoms with Gasteiger partial charge in [0.05, 0.1) is 15.5 Å². The number of rotatable bonds is 11. The van der Waals surface area contributed by atoms with E-state index in [0.717, 1.165) is 17.4 Å². The largest absolute Gasteiger partial charge is 0.337 e. The third-order valence-corrected chi connectivity index (χ3v) is 11.4. The highest BCUT2D eigenvalue weighted by Gasteiger charge is 2.34. The van der Waals surface area contributed by atoms with Crippen LogP contribution in [0, 0.1) is 20.8 Å². The highest BCUT2D eigenvalue weighted by molar-refractivity contribution is 7.92. The van der Waals surface area contributed by atoms with E-state index >= 15 is 0 Å². The van der Waals surface area contributed by atoms with Crippen LogP contribution in [0.3, 0.4) is 0 Å². The summed E-state index contributed by atoms with van der Waals surface area (Å²) in [5.41, 5.74) is 1.58. The van der Waals surface area contributed by atoms with E-state index in [0.29, 0.717) is 16.8 Å². The summed E-state index contributed by atoms with van der Waals surface area (Å²) in [6.07, 6.45) is 2.43. The van der Waals surface area contributed by atoms with Gasteiger partial charge in [0.15, 0.2) is 15.2 Å². The molecule has 1 aromatic carbocycles. The molecule has 0 aliphatic heterocycles. The van der Waals surface area contributed by atoms with Crippen LogP contribution in [0.5, 0.6) is 0 Å². The van der Waals surface area contributed by atoms with Gasteiger partial charge < -0.3 is 15.2 Å². The predicted octanol–water partition coefficient (Wildman–Crippen LogP) is 4.81. The van der Waals surface area contributed by atoms with Crippen molar-refractivity contribution in [1.82, 2.24) is 10.1 Å². The van der Waals surface area contributed by atoms with Crippen LogP contribution in [0.25, 0.3) is 0 Å². The smallest absolute Gasteiger partial charge is 0.267 e. The lowest BCUT2D eigenvalue weighted by atomic mass is 10.1. The van der Waals surface area contributed by atoms with Crippen molar-refractivity contribution in [1.29, 1.82) is 0 Å². The second-order valence-corrected chi connectivity index (χ2v) is 14.3. The van der Waals surface area contributed by atoms with E-state index in [2.05, 4.69) is 28.9 Å². The fourth-order valence-electron chi connectivity index (χ4n) is 3.89. The van der Waals surface area contributed by atoms with Gasteiger partial charge in [-0.25, -0.2) is 16.8 Å². The number of amides is 1. The Balaban J connectivity index is 2.04. The first-order chi connectivity index (χ1) is 18.2. The Morgan fingerprint density at radius 2 is 1.77 bits per heavy atom. The van der Waals surface area contributed by atoms with Crippen LogP contribution in [0.2, 0.25) is 5.02 Å². The van der Waals surface area contributed by atoms with Crippen LogP contribution < -0.4 is 10.6 Å². The van der Waals surface area contributed by atoms with Gasteiger partial charge in [0.1, 0.15) is 21.0 Å². The molecule has 39 heavy (non-hydrogen) atoms. The van der Waals surface area contributed by atoms with Gasteiger partial charge in [0.25, 0.3) is 5.91 Å². The van der Waals surface area contributed by atoms with Crippen LogP contribution >= 0.6 is 22.9 Å². The average molecular weight is 613 g/mol. The molecule has 2 aromatic heterocycles. The van der Waals surface area contributed by atoms with Gasteiger partial charge in [0.2, 0.25) is 15.7 Å². The Labute approximate surface area is 237 Å². The van der Waals surface area contributed by atoms with Crippen LogP contribution in [-0.4, -0.2) is 57.6 Å². The lowest BCUT2D eigenvalue weighted by molar-refractivity contribution is 0.102. The molecule has 0 radical (unpaired) electrons. The van der Waals surface area contributed by atoms with E-state index < -0.39 is 36.3 Å². The molecule has 0 fully saturated rings. The molecule has 210 valence electrons. The number of hydrogen-bond acceptors (Lipinski definition) is 10. The van der Waals surface area contributed by atoms with Crippen molar-refractivity contribution in [2.75, 3.05) is 24.7 Å². The van der Waals surface area contributed by atoms with Gasteiger partial charge in [0, 0.05) is 0 Å². The number of carbonyl (C=O) groups is 1. The molecule has 0 aliphatic carbocycles. The zero-order chi connectivity index (χ0) is 29.3. The van der Waals surface area contributed by atoms with Crippen molar-refractivity contribution in [3.63, 3.8) is 0 Å². The normalized spacial score (nSPS) is 13.6. The summed E-state index contributed by atoms with van der Waals surface area (Å²) in [5, 5.41) is 8.08. The summed E-state index contributed by atoms with van der Waals surface area (Å²) in [5.74, 6) is -0.852. The first-order valence-corrected chi connectivity index (χ1v) is 15.8. The molecular formula is C25H29ClN4O6S3. The van der Waals surface area contributed by atoms with Crippen LogP contribution in [0.15, 0.2) is 63.2 Å². The fraction of sp³-hybridized carbons (Fsp3) is 0.280. The molecule has 0 saturated carbocycles. The molecular weight excluding hydrogens is 584 g/mol. The molecule has 0 spiro atoms. The Bertz CT molecular complexity index is 1640. The van der Waals surface area contributed by atoms with Crippen molar-refractivity contribution in [3.05, 3.63) is 75.6 Å². The zero-order valence-electron chi connectivity index (χ0n) is 22.0. The van der Waals surface area contributed by atoms with Gasteiger partial charge in [-0.1, -0.05) is 41.6 Å². The minimum absolute atomic E-state index is 0.0540. The molecule has 14 heteroatoms. The summed E-state index contributed by atoms with van der Waals surface area (Å²) in [4.78, 5) is 14.4. The van der Waals surface area contributed by atoms with Crippen molar-refractivity contribution in [3.8, 4) is 0 Å². The molecule has 2 unspecified atom stereocenters. The Hall–Kier alpha value is -2.97. The molecule has 0 saturated heterocycles. The van der Waals surface area contributed by atoms with Crippen LogP contribution in [0.4, 0.5) is 11.6 Å². The number of hydrogen-bond donors (Lipinski definition) is 2. The molecule has 2 N–H and O–H groups in total. The lowest BCUT2D eigenvalue weighted by Crippen LogP contribution is -2.34. The van der Waals surface area contributed by atoms with Crippen LogP contribution in [-0.2, 0) is 19.7 Å². The number of anilines is 2. The number of aryl methyl sites for hydroxylation is 3. The molecule has 0 bridgehead atoms. The van der Waals surface area contributed by atoms with Crippen molar-refractivity contribution in [2.24, 2.45) is 0 Å². The number of benzene rings is 1. The van der Waals surface area contributed by atoms with Gasteiger partial charge in [-0.3, -0.25) is 9.69 Å². The number of nitrogens with one attached hydrogen (secondary N) is 2. The maximum Gasteiger partial charge on any atom is 0.267 e. The molecule has 2 atom stereocenters. The summed E-state index contributed by atoms with van der Waals surface area (Å²) in [7, 11) is -5.03. The van der Waals surface area contributed by atoms with Crippen LogP contribution in [0.1, 0.15) is 26.5 Å². The first-order valence-electron chi connectivity index (χ1n) is 11.4. The lowest BCUT2D eigenvalue weighted by Gasteiger charge is -2.23. The quantitative estimate of drug-likeness (QED) is 0.292. The molecule has 1 amide bonds. The Kier molecular flexibility index (Phi) is 9.13. The van der Waals surface area contributed by atoms with E-state index in [9.17, 15) is 21.6 Å². The minimum Gasteiger partial charge on any atom is -0.337 e. The number of nitrogens with zero attached hydrogens (tertiary/aromatic N) is 2. The maximum atomic E-state index is 13.6. The van der Waals surface area contributed by atoms with E-state index in [1.807, 2.05) is 0 Å². The number of likely N-dealkylation sites (N-methyl/N-ethyl adjacent to an activating group) is 1. The molecule has 3 rings (SSSR count). The molecule has 0 aliphatic rings. The molecule has 3 aromatic rings. The topological polar surface area (TPSA) is 139 Å². The minimum atomic E-state index is -4.23. The monoisotopic (exact) mass is 612 g/mol. The highest BCUT2D eigenvalue weighted by atomic mass is 35.5. The standard InChI is InChI=1S/C25H29ClN4O6S3/c1-8-19(27-25-21(26)16(5)29-36-25)38(32,33)17-10-11-37-23(17)24(31)28-22-15(4)12-14(3)13-18(22)39(34,35)20(9-2)30(6)7/h8-13,19-20,27H,1-2H2,3-7H3,(H,28,31). The number of thiophene rings is 1. The summed E-state index contributed by atoms with van der Waals surface area (Å²) in [6, 6.07) is 4.48. The van der Waals surface area contributed by atoms with Crippen molar-refractivity contribution >= 4 is 60.1 Å². The fourth-order valence-corrected chi connectivity index (χ4v) is 8.59. The Morgan fingerprint density at radius 3 is 2.31 bits per heavy atom. The average Bonchev–Trinajstić information content (AvgIpc) is 3.47. The first kappa shape index (κ1) is 30.6. The van der Waals surface area contributed by atoms with Crippen molar-refractivity contribution < 1.29 is 26.2 Å². The number of halogens is 1. The molecule has 2 heterocycles. The summed E-state index contributed by atoms with van der Waals surface area (Å²) in [6.45, 7) is 12.2. The van der Waals surface area contributed by atoms with E-state index in [1.165, 1.54) is 28.5 Å². The third-order valence-electron chi connectivity index (χ3n) is 5.77. The SMILES string of the molecule is C=CC(Nc1onc(C)c1Cl)S(=O)(=O)c1ccsc1C(=O)Nc1c(C)cc(C)cc1S(=O)(=O)C(C=C)N(C)C.